The molecule has 0 aliphatic carbocycles. The van der Waals surface area contributed by atoms with Gasteiger partial charge in [0.15, 0.2) is 0 Å². The minimum atomic E-state index is -0.762. The van der Waals surface area contributed by atoms with Gasteiger partial charge in [0.25, 0.3) is 0 Å². The van der Waals surface area contributed by atoms with Gasteiger partial charge in [-0.15, -0.1) is 0 Å². The van der Waals surface area contributed by atoms with E-state index < -0.39 is 12.0 Å². The highest BCUT2D eigenvalue weighted by atomic mass is 16.4. The van der Waals surface area contributed by atoms with Gasteiger partial charge in [-0.3, -0.25) is 4.79 Å². The predicted molar refractivity (Wildman–Crippen MR) is 50.2 cm³/mol. The van der Waals surface area contributed by atoms with Crippen LogP contribution in [0.25, 0.3) is 0 Å². The van der Waals surface area contributed by atoms with Crippen molar-refractivity contribution in [3.63, 3.8) is 0 Å². The molecule has 1 aliphatic heterocycles. The molecule has 0 aromatic rings. The lowest BCUT2D eigenvalue weighted by atomic mass is 10.1. The van der Waals surface area contributed by atoms with Crippen LogP contribution in [-0.4, -0.2) is 35.2 Å². The molecular formula is C9H18N2O2. The third-order valence-electron chi connectivity index (χ3n) is 2.36. The molecule has 0 amide bonds. The van der Waals surface area contributed by atoms with Gasteiger partial charge in [-0.2, -0.15) is 0 Å². The van der Waals surface area contributed by atoms with Gasteiger partial charge in [-0.1, -0.05) is 13.8 Å². The van der Waals surface area contributed by atoms with E-state index in [1.807, 2.05) is 18.9 Å². The number of carboxylic acids is 1. The molecular weight excluding hydrogens is 168 g/mol. The monoisotopic (exact) mass is 186 g/mol. The number of carboxylic acid groups (broad SMARTS) is 1. The predicted octanol–water partition coefficient (Wildman–Crippen LogP) is 0.696. The maximum absolute atomic E-state index is 10.8. The first-order valence-corrected chi connectivity index (χ1v) is 4.85. The fourth-order valence-electron chi connectivity index (χ4n) is 1.53. The van der Waals surface area contributed by atoms with Gasteiger partial charge in [-0.25, -0.2) is 10.4 Å². The summed E-state index contributed by atoms with van der Waals surface area (Å²) in [7, 11) is 0. The van der Waals surface area contributed by atoms with Crippen molar-refractivity contribution in [3.05, 3.63) is 0 Å². The van der Waals surface area contributed by atoms with Gasteiger partial charge in [-0.05, 0) is 18.8 Å². The number of hydrogen-bond donors (Lipinski definition) is 2. The van der Waals surface area contributed by atoms with E-state index in [0.717, 1.165) is 25.9 Å². The van der Waals surface area contributed by atoms with Crippen LogP contribution >= 0.6 is 0 Å². The molecule has 1 aliphatic rings. The molecule has 1 rings (SSSR count). The highest BCUT2D eigenvalue weighted by molar-refractivity contribution is 5.73. The lowest BCUT2D eigenvalue weighted by Gasteiger charge is -2.24. The Balaban J connectivity index is 2.41. The molecule has 1 heterocycles. The number of rotatable bonds is 4. The number of aliphatic carboxylic acids is 1. The van der Waals surface area contributed by atoms with Crippen LogP contribution in [0.4, 0.5) is 0 Å². The van der Waals surface area contributed by atoms with E-state index in [4.69, 9.17) is 5.11 Å². The van der Waals surface area contributed by atoms with Crippen molar-refractivity contribution in [3.8, 4) is 0 Å². The lowest BCUT2D eigenvalue weighted by Crippen LogP contribution is -2.49. The SMILES string of the molecule is CC(C)C(NN1CCCC1)C(=O)O. The Morgan fingerprint density at radius 3 is 2.31 bits per heavy atom. The smallest absolute Gasteiger partial charge is 0.322 e. The first-order valence-electron chi connectivity index (χ1n) is 4.85. The summed E-state index contributed by atoms with van der Waals surface area (Å²) < 4.78 is 0. The van der Waals surface area contributed by atoms with Gasteiger partial charge < -0.3 is 5.11 Å². The van der Waals surface area contributed by atoms with E-state index in [2.05, 4.69) is 5.43 Å². The van der Waals surface area contributed by atoms with Crippen LogP contribution in [0.2, 0.25) is 0 Å². The molecule has 13 heavy (non-hydrogen) atoms. The van der Waals surface area contributed by atoms with Gasteiger partial charge in [0.2, 0.25) is 0 Å². The maximum atomic E-state index is 10.8. The minimum absolute atomic E-state index is 0.123. The van der Waals surface area contributed by atoms with E-state index in [9.17, 15) is 4.79 Å². The fourth-order valence-corrected chi connectivity index (χ4v) is 1.53. The molecule has 0 aromatic heterocycles. The summed E-state index contributed by atoms with van der Waals surface area (Å²) in [5.41, 5.74) is 3.05. The summed E-state index contributed by atoms with van der Waals surface area (Å²) in [6.45, 7) is 5.77. The van der Waals surface area contributed by atoms with Crippen molar-refractivity contribution >= 4 is 5.97 Å². The Hall–Kier alpha value is -0.610. The number of nitrogens with one attached hydrogen (secondary N) is 1. The zero-order valence-corrected chi connectivity index (χ0v) is 8.29. The summed E-state index contributed by atoms with van der Waals surface area (Å²) in [5, 5.41) is 10.9. The van der Waals surface area contributed by atoms with E-state index in [1.165, 1.54) is 0 Å². The Labute approximate surface area is 78.9 Å². The summed E-state index contributed by atoms with van der Waals surface area (Å²) in [6.07, 6.45) is 2.33. The highest BCUT2D eigenvalue weighted by Crippen LogP contribution is 2.08. The minimum Gasteiger partial charge on any atom is -0.480 e. The number of carbonyl (C=O) groups is 1. The summed E-state index contributed by atoms with van der Waals surface area (Å²) >= 11 is 0. The van der Waals surface area contributed by atoms with E-state index >= 15 is 0 Å². The van der Waals surface area contributed by atoms with Crippen LogP contribution in [0.15, 0.2) is 0 Å². The second-order valence-electron chi connectivity index (χ2n) is 3.88. The first-order chi connectivity index (χ1) is 6.11. The second-order valence-corrected chi connectivity index (χ2v) is 3.88. The van der Waals surface area contributed by atoms with Crippen LogP contribution in [0.5, 0.6) is 0 Å². The Bertz CT molecular complexity index is 176. The van der Waals surface area contributed by atoms with Crippen LogP contribution in [0.1, 0.15) is 26.7 Å². The molecule has 1 unspecified atom stereocenters. The molecule has 0 bridgehead atoms. The summed E-state index contributed by atoms with van der Waals surface area (Å²) in [6, 6.07) is -0.446. The van der Waals surface area contributed by atoms with E-state index in [1.54, 1.807) is 0 Å². The summed E-state index contributed by atoms with van der Waals surface area (Å²) in [4.78, 5) is 10.8. The van der Waals surface area contributed by atoms with Gasteiger partial charge in [0, 0.05) is 13.1 Å². The first kappa shape index (κ1) is 10.5. The Morgan fingerprint density at radius 2 is 1.92 bits per heavy atom. The average molecular weight is 186 g/mol. The molecule has 0 aromatic carbocycles. The third-order valence-corrected chi connectivity index (χ3v) is 2.36. The van der Waals surface area contributed by atoms with E-state index in [-0.39, 0.29) is 5.92 Å². The van der Waals surface area contributed by atoms with Gasteiger partial charge in [0.05, 0.1) is 0 Å². The van der Waals surface area contributed by atoms with Crippen LogP contribution in [0.3, 0.4) is 0 Å². The zero-order chi connectivity index (χ0) is 9.84. The number of nitrogens with zero attached hydrogens (tertiary/aromatic N) is 1. The van der Waals surface area contributed by atoms with Crippen molar-refractivity contribution in [1.29, 1.82) is 0 Å². The zero-order valence-electron chi connectivity index (χ0n) is 8.29. The molecule has 2 N–H and O–H groups in total. The molecule has 0 saturated carbocycles. The Morgan fingerprint density at radius 1 is 1.38 bits per heavy atom. The topological polar surface area (TPSA) is 52.6 Å². The van der Waals surface area contributed by atoms with Gasteiger partial charge in [0.1, 0.15) is 6.04 Å². The van der Waals surface area contributed by atoms with Crippen molar-refractivity contribution in [1.82, 2.24) is 10.4 Å². The van der Waals surface area contributed by atoms with Crippen LogP contribution < -0.4 is 5.43 Å². The quantitative estimate of drug-likeness (QED) is 0.678. The highest BCUT2D eigenvalue weighted by Gasteiger charge is 2.24. The fraction of sp³-hybridized carbons (Fsp3) is 0.889. The largest absolute Gasteiger partial charge is 0.480 e. The maximum Gasteiger partial charge on any atom is 0.322 e. The standard InChI is InChI=1S/C9H18N2O2/c1-7(2)8(9(12)13)10-11-5-3-4-6-11/h7-8,10H,3-6H2,1-2H3,(H,12,13). The molecule has 1 atom stereocenters. The molecule has 1 fully saturated rings. The molecule has 4 nitrogen and oxygen atoms in total. The van der Waals surface area contributed by atoms with Crippen LogP contribution in [-0.2, 0) is 4.79 Å². The van der Waals surface area contributed by atoms with Crippen molar-refractivity contribution in [2.75, 3.05) is 13.1 Å². The third kappa shape index (κ3) is 2.97. The second kappa shape index (κ2) is 4.58. The van der Waals surface area contributed by atoms with Gasteiger partial charge >= 0.3 is 5.97 Å². The molecule has 0 spiro atoms. The average Bonchev–Trinajstić information content (AvgIpc) is 2.50. The molecule has 0 radical (unpaired) electrons. The van der Waals surface area contributed by atoms with E-state index in [0.29, 0.717) is 0 Å². The number of hydrazine groups is 1. The molecule has 1 saturated heterocycles. The van der Waals surface area contributed by atoms with Crippen LogP contribution in [0, 0.1) is 5.92 Å². The molecule has 4 heteroatoms. The van der Waals surface area contributed by atoms with Crippen molar-refractivity contribution < 1.29 is 9.90 Å². The summed E-state index contributed by atoms with van der Waals surface area (Å²) in [5.74, 6) is -0.639. The number of hydrogen-bond acceptors (Lipinski definition) is 3. The molecule has 76 valence electrons. The lowest BCUT2D eigenvalue weighted by molar-refractivity contribution is -0.142. The van der Waals surface area contributed by atoms with Crippen molar-refractivity contribution in [2.24, 2.45) is 5.92 Å². The van der Waals surface area contributed by atoms with Crippen molar-refractivity contribution in [2.45, 2.75) is 32.7 Å². The normalized spacial score (nSPS) is 20.8. The Kier molecular flexibility index (Phi) is 3.69.